The van der Waals surface area contributed by atoms with Crippen LogP contribution in [0.25, 0.3) is 5.53 Å². The zero-order valence-electron chi connectivity index (χ0n) is 15.3. The second kappa shape index (κ2) is 8.75. The number of halogens is 1. The average Bonchev–Trinajstić information content (AvgIpc) is 2.61. The van der Waals surface area contributed by atoms with E-state index < -0.39 is 23.5 Å². The fraction of sp³-hybridized carbons (Fsp3) is 0.250. The molecule has 0 aliphatic carbocycles. The minimum Gasteiger partial charge on any atom is -0.451 e. The Balaban J connectivity index is 2.40. The van der Waals surface area contributed by atoms with Crippen LogP contribution in [0.1, 0.15) is 42.7 Å². The maximum atomic E-state index is 12.7. The molecule has 0 fully saturated rings. The summed E-state index contributed by atoms with van der Waals surface area (Å²) in [7, 11) is 0. The molecule has 1 amide bonds. The molecule has 0 aliphatic rings. The van der Waals surface area contributed by atoms with Crippen molar-refractivity contribution in [3.05, 3.63) is 75.7 Å². The average molecular weight is 430 g/mol. The Labute approximate surface area is 166 Å². The molecular weight excluding hydrogens is 410 g/mol. The molecule has 27 heavy (non-hydrogen) atoms. The lowest BCUT2D eigenvalue weighted by atomic mass is 10.0. The highest BCUT2D eigenvalue weighted by Crippen LogP contribution is 2.20. The monoisotopic (exact) mass is 429 g/mol. The molecule has 140 valence electrons. The van der Waals surface area contributed by atoms with E-state index in [-0.39, 0.29) is 5.71 Å². The van der Waals surface area contributed by atoms with Gasteiger partial charge in [-0.1, -0.05) is 42.5 Å². The van der Waals surface area contributed by atoms with Gasteiger partial charge in [0.25, 0.3) is 5.91 Å². The zero-order valence-corrected chi connectivity index (χ0v) is 16.9. The van der Waals surface area contributed by atoms with Gasteiger partial charge in [-0.05, 0) is 54.4 Å². The summed E-state index contributed by atoms with van der Waals surface area (Å²) in [6, 6.07) is 14.7. The van der Waals surface area contributed by atoms with Crippen molar-refractivity contribution in [2.75, 3.05) is 0 Å². The first-order chi connectivity index (χ1) is 12.7. The molecule has 0 saturated carbocycles. The van der Waals surface area contributed by atoms with Crippen LogP contribution in [0, 0.1) is 0 Å². The number of benzene rings is 2. The van der Waals surface area contributed by atoms with Crippen LogP contribution < -0.4 is 5.32 Å². The van der Waals surface area contributed by atoms with Gasteiger partial charge in [-0.2, -0.15) is 4.79 Å². The molecule has 0 radical (unpaired) electrons. The summed E-state index contributed by atoms with van der Waals surface area (Å²) in [6.45, 7) is 5.12. The molecule has 2 rings (SSSR count). The molecule has 1 atom stereocenters. The van der Waals surface area contributed by atoms with E-state index >= 15 is 0 Å². The van der Waals surface area contributed by atoms with Gasteiger partial charge in [0, 0.05) is 4.47 Å². The molecule has 0 bridgehead atoms. The smallest absolute Gasteiger partial charge is 0.420 e. The molecular formula is C20H20BrN3O3. The van der Waals surface area contributed by atoms with E-state index in [1.54, 1.807) is 75.4 Å². The van der Waals surface area contributed by atoms with Crippen LogP contribution >= 0.6 is 15.9 Å². The van der Waals surface area contributed by atoms with Gasteiger partial charge >= 0.3 is 11.7 Å². The van der Waals surface area contributed by atoms with E-state index in [4.69, 9.17) is 4.74 Å². The third-order valence-corrected chi connectivity index (χ3v) is 4.21. The van der Waals surface area contributed by atoms with E-state index in [1.165, 1.54) is 0 Å². The molecule has 1 N–H and O–H groups in total. The summed E-state index contributed by atoms with van der Waals surface area (Å²) < 4.78 is 5.92. The lowest BCUT2D eigenvalue weighted by Gasteiger charge is -2.20. The predicted octanol–water partition coefficient (Wildman–Crippen LogP) is 3.93. The second-order valence-electron chi connectivity index (χ2n) is 6.78. The first kappa shape index (κ1) is 20.6. The van der Waals surface area contributed by atoms with Gasteiger partial charge in [0.05, 0.1) is 5.56 Å². The highest BCUT2D eigenvalue weighted by atomic mass is 79.9. The van der Waals surface area contributed by atoms with Gasteiger partial charge in [-0.3, -0.25) is 4.79 Å². The number of nitrogens with zero attached hydrogens (tertiary/aromatic N) is 2. The lowest BCUT2D eigenvalue weighted by Crippen LogP contribution is -2.40. The minimum atomic E-state index is -0.981. The van der Waals surface area contributed by atoms with Gasteiger partial charge < -0.3 is 15.6 Å². The van der Waals surface area contributed by atoms with Crippen LogP contribution in [0.15, 0.2) is 59.1 Å². The summed E-state index contributed by atoms with van der Waals surface area (Å²) in [4.78, 5) is 28.4. The van der Waals surface area contributed by atoms with E-state index in [1.807, 2.05) is 0 Å². The molecule has 0 saturated heterocycles. The number of nitrogens with one attached hydrogen (secondary N) is 1. The number of ether oxygens (including phenoxy) is 1. The van der Waals surface area contributed by atoms with Crippen LogP contribution in [0.5, 0.6) is 0 Å². The molecule has 6 nitrogen and oxygen atoms in total. The molecule has 2 aromatic rings. The summed E-state index contributed by atoms with van der Waals surface area (Å²) >= 11 is 3.33. The molecule has 0 heterocycles. The summed E-state index contributed by atoms with van der Waals surface area (Å²) in [6.07, 6.45) is 0. The predicted molar refractivity (Wildman–Crippen MR) is 105 cm³/mol. The third-order valence-electron chi connectivity index (χ3n) is 3.52. The van der Waals surface area contributed by atoms with Crippen LogP contribution in [0.4, 0.5) is 0 Å². The summed E-state index contributed by atoms with van der Waals surface area (Å²) in [5.41, 5.74) is 9.37. The largest absolute Gasteiger partial charge is 0.451 e. The normalized spacial score (nSPS) is 11.9. The summed E-state index contributed by atoms with van der Waals surface area (Å²) in [5.74, 6) is -1.24. The Kier molecular flexibility index (Phi) is 6.66. The fourth-order valence-electron chi connectivity index (χ4n) is 2.36. The van der Waals surface area contributed by atoms with Gasteiger partial charge in [-0.15, -0.1) is 0 Å². The van der Waals surface area contributed by atoms with Crippen molar-refractivity contribution in [2.24, 2.45) is 0 Å². The zero-order chi connectivity index (χ0) is 20.0. The van der Waals surface area contributed by atoms with Crippen LogP contribution in [0.3, 0.4) is 0 Å². The number of rotatable bonds is 5. The van der Waals surface area contributed by atoms with Crippen molar-refractivity contribution in [3.63, 3.8) is 0 Å². The Morgan fingerprint density at radius 1 is 1.07 bits per heavy atom. The Bertz CT molecular complexity index is 885. The fourth-order valence-corrected chi connectivity index (χ4v) is 2.82. The van der Waals surface area contributed by atoms with Gasteiger partial charge in [0.2, 0.25) is 0 Å². The topological polar surface area (TPSA) is 91.8 Å². The molecule has 0 aliphatic heterocycles. The maximum absolute atomic E-state index is 12.7. The Hall–Kier alpha value is -2.76. The molecule has 0 aromatic heterocycles. The van der Waals surface area contributed by atoms with Crippen molar-refractivity contribution < 1.29 is 19.1 Å². The number of hydrogen-bond acceptors (Lipinski definition) is 3. The van der Waals surface area contributed by atoms with Crippen molar-refractivity contribution in [3.8, 4) is 0 Å². The van der Waals surface area contributed by atoms with E-state index in [0.29, 0.717) is 15.6 Å². The molecule has 2 aromatic carbocycles. The van der Waals surface area contributed by atoms with E-state index in [9.17, 15) is 15.1 Å². The van der Waals surface area contributed by atoms with Crippen molar-refractivity contribution >= 4 is 33.5 Å². The number of carbonyl (C=O) groups is 2. The number of carbonyl (C=O) groups excluding carboxylic acids is 2. The van der Waals surface area contributed by atoms with Crippen LogP contribution in [-0.4, -0.2) is 28.0 Å². The Morgan fingerprint density at radius 3 is 2.22 bits per heavy atom. The quantitative estimate of drug-likeness (QED) is 0.337. The van der Waals surface area contributed by atoms with E-state index in [0.717, 1.165) is 0 Å². The number of esters is 1. The first-order valence-corrected chi connectivity index (χ1v) is 9.08. The summed E-state index contributed by atoms with van der Waals surface area (Å²) in [5, 5.41) is 2.75. The maximum Gasteiger partial charge on any atom is 0.420 e. The van der Waals surface area contributed by atoms with Gasteiger partial charge in [-0.25, -0.2) is 4.79 Å². The third kappa shape index (κ3) is 5.61. The minimum absolute atomic E-state index is 0.309. The SMILES string of the molecule is CC(C)(C)OC(=O)C(=[N+]=[N-])C(NC(=O)c1ccccc1Br)c1ccccc1. The van der Waals surface area contributed by atoms with Crippen molar-refractivity contribution in [2.45, 2.75) is 32.4 Å². The second-order valence-corrected chi connectivity index (χ2v) is 7.64. The Morgan fingerprint density at radius 2 is 1.67 bits per heavy atom. The number of hydrogen-bond donors (Lipinski definition) is 1. The highest BCUT2D eigenvalue weighted by Gasteiger charge is 2.37. The van der Waals surface area contributed by atoms with Gasteiger partial charge in [0.1, 0.15) is 5.60 Å². The lowest BCUT2D eigenvalue weighted by molar-refractivity contribution is -0.151. The first-order valence-electron chi connectivity index (χ1n) is 8.28. The van der Waals surface area contributed by atoms with Gasteiger partial charge in [0.15, 0.2) is 6.04 Å². The molecule has 0 spiro atoms. The van der Waals surface area contributed by atoms with E-state index in [2.05, 4.69) is 26.0 Å². The molecule has 7 heteroatoms. The highest BCUT2D eigenvalue weighted by molar-refractivity contribution is 9.10. The van der Waals surface area contributed by atoms with Crippen LogP contribution in [0.2, 0.25) is 0 Å². The van der Waals surface area contributed by atoms with Crippen molar-refractivity contribution in [1.29, 1.82) is 0 Å². The molecule has 1 unspecified atom stereocenters. The van der Waals surface area contributed by atoms with Crippen molar-refractivity contribution in [1.82, 2.24) is 5.32 Å². The standard InChI is InChI=1S/C20H20BrN3O3/c1-20(2,3)27-19(26)17(24-22)16(13-9-5-4-6-10-13)23-18(25)14-11-7-8-12-15(14)21/h4-12,16H,1-3H3,(H,23,25). The van der Waals surface area contributed by atoms with Crippen LogP contribution in [-0.2, 0) is 9.53 Å². The number of amides is 1.